The van der Waals surface area contributed by atoms with Crippen molar-refractivity contribution in [3.8, 4) is 11.1 Å². The second kappa shape index (κ2) is 5.10. The molecule has 0 aliphatic rings. The number of aromatic nitrogens is 2. The van der Waals surface area contributed by atoms with Gasteiger partial charge in [0.2, 0.25) is 0 Å². The Morgan fingerprint density at radius 3 is 2.10 bits per heavy atom. The molecule has 0 fully saturated rings. The van der Waals surface area contributed by atoms with E-state index in [1.54, 1.807) is 5.10 Å². The summed E-state index contributed by atoms with van der Waals surface area (Å²) in [6, 6.07) is 2.00. The van der Waals surface area contributed by atoms with E-state index < -0.39 is 39.9 Å². The van der Waals surface area contributed by atoms with E-state index in [9.17, 15) is 26.3 Å². The van der Waals surface area contributed by atoms with Crippen LogP contribution in [-0.2, 0) is 12.4 Å². The van der Waals surface area contributed by atoms with Gasteiger partial charge in [-0.3, -0.25) is 5.10 Å². The number of hydrogen-bond donors (Lipinski definition) is 1. The van der Waals surface area contributed by atoms with E-state index in [0.717, 1.165) is 6.07 Å². The number of rotatable bonds is 1. The average Bonchev–Trinajstić information content (AvgIpc) is 2.70. The van der Waals surface area contributed by atoms with E-state index in [1.807, 2.05) is 0 Å². The van der Waals surface area contributed by atoms with E-state index >= 15 is 0 Å². The van der Waals surface area contributed by atoms with Crippen LogP contribution < -0.4 is 0 Å². The third kappa shape index (κ3) is 3.11. The molecular weight excluding hydrogens is 345 g/mol. The SMILES string of the molecule is FC(F)(F)c1ccc(Cl)c(-c2c(Cl)n[nH]c2C(F)(F)F)c1. The van der Waals surface area contributed by atoms with Crippen molar-refractivity contribution in [1.82, 2.24) is 10.2 Å². The number of alkyl halides is 6. The van der Waals surface area contributed by atoms with Gasteiger partial charge in [-0.25, -0.2) is 0 Å². The Kier molecular flexibility index (Phi) is 3.88. The second-order valence-electron chi connectivity index (χ2n) is 3.95. The summed E-state index contributed by atoms with van der Waals surface area (Å²) in [5, 5.41) is 3.89. The van der Waals surface area contributed by atoms with Crippen LogP contribution in [0.3, 0.4) is 0 Å². The highest BCUT2D eigenvalue weighted by Gasteiger charge is 2.39. The van der Waals surface area contributed by atoms with Gasteiger partial charge in [0.15, 0.2) is 5.15 Å². The lowest BCUT2D eigenvalue weighted by molar-refractivity contribution is -0.140. The monoisotopic (exact) mass is 348 g/mol. The summed E-state index contributed by atoms with van der Waals surface area (Å²) < 4.78 is 76.4. The lowest BCUT2D eigenvalue weighted by Crippen LogP contribution is -2.08. The minimum absolute atomic E-state index is 0.309. The van der Waals surface area contributed by atoms with Gasteiger partial charge in [-0.15, -0.1) is 0 Å². The summed E-state index contributed by atoms with van der Waals surface area (Å²) in [4.78, 5) is 0. The van der Waals surface area contributed by atoms with Gasteiger partial charge in [-0.2, -0.15) is 31.4 Å². The Labute approximate surface area is 123 Å². The molecule has 0 aliphatic heterocycles. The fraction of sp³-hybridized carbons (Fsp3) is 0.182. The van der Waals surface area contributed by atoms with Crippen molar-refractivity contribution in [3.63, 3.8) is 0 Å². The minimum atomic E-state index is -4.87. The van der Waals surface area contributed by atoms with Crippen LogP contribution >= 0.6 is 23.2 Å². The van der Waals surface area contributed by atoms with E-state index in [0.29, 0.717) is 12.1 Å². The van der Waals surface area contributed by atoms with Crippen molar-refractivity contribution >= 4 is 23.2 Å². The van der Waals surface area contributed by atoms with Gasteiger partial charge in [0.05, 0.1) is 11.1 Å². The summed E-state index contributed by atoms with van der Waals surface area (Å²) >= 11 is 11.2. The fourth-order valence-electron chi connectivity index (χ4n) is 1.66. The Balaban J connectivity index is 2.71. The molecule has 0 amide bonds. The molecule has 0 unspecified atom stereocenters. The summed E-state index contributed by atoms with van der Waals surface area (Å²) in [5.74, 6) is 0. The highest BCUT2D eigenvalue weighted by molar-refractivity contribution is 6.36. The van der Waals surface area contributed by atoms with Crippen LogP contribution in [0.15, 0.2) is 18.2 Å². The average molecular weight is 349 g/mol. The van der Waals surface area contributed by atoms with Crippen molar-refractivity contribution < 1.29 is 26.3 Å². The molecule has 0 spiro atoms. The Morgan fingerprint density at radius 1 is 0.952 bits per heavy atom. The van der Waals surface area contributed by atoms with E-state index in [-0.39, 0.29) is 5.02 Å². The van der Waals surface area contributed by atoms with Gasteiger partial charge in [-0.1, -0.05) is 23.2 Å². The minimum Gasteiger partial charge on any atom is -0.272 e. The number of aromatic amines is 1. The molecule has 0 aliphatic carbocycles. The quantitative estimate of drug-likeness (QED) is 0.684. The highest BCUT2D eigenvalue weighted by atomic mass is 35.5. The molecule has 1 heterocycles. The van der Waals surface area contributed by atoms with Crippen LogP contribution in [0, 0.1) is 0 Å². The molecule has 2 aromatic rings. The third-order valence-corrected chi connectivity index (χ3v) is 3.17. The Hall–Kier alpha value is -1.41. The zero-order valence-corrected chi connectivity index (χ0v) is 11.2. The molecule has 1 aromatic carbocycles. The first-order chi connectivity index (χ1) is 9.51. The molecular formula is C11H4Cl2F6N2. The fourth-order valence-corrected chi connectivity index (χ4v) is 2.11. The number of H-pyrrole nitrogens is 1. The van der Waals surface area contributed by atoms with Crippen molar-refractivity contribution in [2.24, 2.45) is 0 Å². The molecule has 0 bridgehead atoms. The van der Waals surface area contributed by atoms with Crippen LogP contribution in [0.2, 0.25) is 10.2 Å². The summed E-state index contributed by atoms with van der Waals surface area (Å²) in [6.07, 6.45) is -9.60. The molecule has 21 heavy (non-hydrogen) atoms. The summed E-state index contributed by atoms with van der Waals surface area (Å²) in [6.45, 7) is 0. The molecule has 0 radical (unpaired) electrons. The maximum atomic E-state index is 12.8. The molecule has 1 N–H and O–H groups in total. The molecule has 2 nitrogen and oxygen atoms in total. The van der Waals surface area contributed by atoms with Crippen LogP contribution in [0.4, 0.5) is 26.3 Å². The van der Waals surface area contributed by atoms with Gasteiger partial charge in [0.1, 0.15) is 5.69 Å². The van der Waals surface area contributed by atoms with Gasteiger partial charge < -0.3 is 0 Å². The first-order valence-corrected chi connectivity index (χ1v) is 5.95. The second-order valence-corrected chi connectivity index (χ2v) is 4.72. The van der Waals surface area contributed by atoms with E-state index in [4.69, 9.17) is 23.2 Å². The van der Waals surface area contributed by atoms with Gasteiger partial charge in [0, 0.05) is 10.6 Å². The first kappa shape index (κ1) is 16.0. The number of benzene rings is 1. The standard InChI is InChI=1S/C11H4Cl2F6N2/c12-6-2-1-4(10(14,15)16)3-5(6)7-8(11(17,18)19)20-21-9(7)13/h1-3H,(H,20,21). The predicted octanol–water partition coefficient (Wildman–Crippen LogP) is 5.42. The largest absolute Gasteiger partial charge is 0.433 e. The normalized spacial score (nSPS) is 12.8. The van der Waals surface area contributed by atoms with Crippen LogP contribution in [0.25, 0.3) is 11.1 Å². The third-order valence-electron chi connectivity index (χ3n) is 2.57. The van der Waals surface area contributed by atoms with Crippen LogP contribution in [-0.4, -0.2) is 10.2 Å². The molecule has 1 aromatic heterocycles. The van der Waals surface area contributed by atoms with Crippen molar-refractivity contribution in [2.45, 2.75) is 12.4 Å². The molecule has 0 saturated heterocycles. The lowest BCUT2D eigenvalue weighted by Gasteiger charge is -2.12. The van der Waals surface area contributed by atoms with Crippen molar-refractivity contribution in [1.29, 1.82) is 0 Å². The van der Waals surface area contributed by atoms with E-state index in [1.165, 1.54) is 0 Å². The van der Waals surface area contributed by atoms with Gasteiger partial charge in [0.25, 0.3) is 0 Å². The van der Waals surface area contributed by atoms with Crippen LogP contribution in [0.5, 0.6) is 0 Å². The smallest absolute Gasteiger partial charge is 0.272 e. The zero-order valence-electron chi connectivity index (χ0n) is 9.70. The number of hydrogen-bond acceptors (Lipinski definition) is 1. The molecule has 0 saturated carbocycles. The van der Waals surface area contributed by atoms with Crippen LogP contribution in [0.1, 0.15) is 11.3 Å². The molecule has 2 rings (SSSR count). The predicted molar refractivity (Wildman–Crippen MR) is 64.0 cm³/mol. The Bertz CT molecular complexity index is 674. The maximum absolute atomic E-state index is 12.8. The summed E-state index contributed by atoms with van der Waals surface area (Å²) in [5.41, 5.74) is -3.74. The topological polar surface area (TPSA) is 28.7 Å². The first-order valence-electron chi connectivity index (χ1n) is 5.20. The molecule has 114 valence electrons. The number of nitrogens with one attached hydrogen (secondary N) is 1. The highest BCUT2D eigenvalue weighted by Crippen LogP contribution is 2.43. The molecule has 10 heteroatoms. The van der Waals surface area contributed by atoms with Crippen molar-refractivity contribution in [3.05, 3.63) is 39.6 Å². The number of halogens is 8. The molecule has 0 atom stereocenters. The van der Waals surface area contributed by atoms with Gasteiger partial charge in [-0.05, 0) is 18.2 Å². The maximum Gasteiger partial charge on any atom is 0.433 e. The zero-order chi connectivity index (χ0) is 16.0. The Morgan fingerprint density at radius 2 is 1.57 bits per heavy atom. The lowest BCUT2D eigenvalue weighted by atomic mass is 10.0. The summed E-state index contributed by atoms with van der Waals surface area (Å²) in [7, 11) is 0. The van der Waals surface area contributed by atoms with E-state index in [2.05, 4.69) is 5.10 Å². The van der Waals surface area contributed by atoms with Crippen molar-refractivity contribution in [2.75, 3.05) is 0 Å². The van der Waals surface area contributed by atoms with Gasteiger partial charge >= 0.3 is 12.4 Å². The number of nitrogens with zero attached hydrogens (tertiary/aromatic N) is 1.